The van der Waals surface area contributed by atoms with Gasteiger partial charge in [-0.1, -0.05) is 12.1 Å². The molecule has 1 aromatic rings. The van der Waals surface area contributed by atoms with Crippen molar-refractivity contribution in [2.24, 2.45) is 5.92 Å². The molecule has 0 aliphatic carbocycles. The second-order valence-electron chi connectivity index (χ2n) is 4.53. The van der Waals surface area contributed by atoms with Crippen molar-refractivity contribution in [3.05, 3.63) is 29.3 Å². The van der Waals surface area contributed by atoms with Crippen molar-refractivity contribution in [2.45, 2.75) is 25.9 Å². The van der Waals surface area contributed by atoms with Crippen LogP contribution in [0.25, 0.3) is 0 Å². The number of aryl methyl sites for hydroxylation is 1. The number of ether oxygens (including phenoxy) is 1. The third-order valence-electron chi connectivity index (χ3n) is 3.27. The fourth-order valence-corrected chi connectivity index (χ4v) is 2.25. The van der Waals surface area contributed by atoms with Crippen molar-refractivity contribution >= 4 is 5.69 Å². The summed E-state index contributed by atoms with van der Waals surface area (Å²) in [5.74, 6) is 0.277. The molecule has 1 fully saturated rings. The zero-order valence-electron chi connectivity index (χ0n) is 9.65. The number of benzene rings is 1. The molecule has 0 saturated carbocycles. The van der Waals surface area contributed by atoms with Gasteiger partial charge in [0.25, 0.3) is 0 Å². The Morgan fingerprint density at radius 1 is 1.38 bits per heavy atom. The van der Waals surface area contributed by atoms with Crippen LogP contribution in [-0.2, 0) is 4.74 Å². The molecule has 0 radical (unpaired) electrons. The Bertz CT molecular complexity index is 359. The van der Waals surface area contributed by atoms with Crippen molar-refractivity contribution in [3.63, 3.8) is 0 Å². The van der Waals surface area contributed by atoms with E-state index in [2.05, 4.69) is 0 Å². The summed E-state index contributed by atoms with van der Waals surface area (Å²) in [7, 11) is 0. The maximum Gasteiger partial charge on any atom is 0.0839 e. The summed E-state index contributed by atoms with van der Waals surface area (Å²) in [4.78, 5) is 0. The van der Waals surface area contributed by atoms with Crippen LogP contribution in [0.5, 0.6) is 0 Å². The topological polar surface area (TPSA) is 55.5 Å². The molecule has 0 aromatic heterocycles. The number of aliphatic hydroxyl groups is 1. The van der Waals surface area contributed by atoms with E-state index in [-0.39, 0.29) is 5.92 Å². The summed E-state index contributed by atoms with van der Waals surface area (Å²) in [5.41, 5.74) is 8.62. The highest BCUT2D eigenvalue weighted by molar-refractivity contribution is 5.50. The molecule has 0 bridgehead atoms. The van der Waals surface area contributed by atoms with Crippen molar-refractivity contribution < 1.29 is 9.84 Å². The van der Waals surface area contributed by atoms with Crippen molar-refractivity contribution in [1.82, 2.24) is 0 Å². The van der Waals surface area contributed by atoms with Gasteiger partial charge in [-0.3, -0.25) is 0 Å². The Balaban J connectivity index is 2.15. The van der Waals surface area contributed by atoms with Crippen LogP contribution >= 0.6 is 0 Å². The molecule has 1 aliphatic rings. The Morgan fingerprint density at radius 3 is 2.69 bits per heavy atom. The molecule has 2 rings (SSSR count). The van der Waals surface area contributed by atoms with E-state index >= 15 is 0 Å². The second kappa shape index (κ2) is 4.85. The monoisotopic (exact) mass is 221 g/mol. The van der Waals surface area contributed by atoms with Crippen LogP contribution in [0.3, 0.4) is 0 Å². The lowest BCUT2D eigenvalue weighted by Crippen LogP contribution is -2.22. The van der Waals surface area contributed by atoms with Gasteiger partial charge < -0.3 is 15.6 Å². The van der Waals surface area contributed by atoms with Crippen LogP contribution in [0, 0.1) is 12.8 Å². The molecular formula is C13H19NO2. The lowest BCUT2D eigenvalue weighted by molar-refractivity contribution is 0.00745. The molecule has 1 saturated heterocycles. The maximum atomic E-state index is 10.3. The van der Waals surface area contributed by atoms with E-state index in [1.54, 1.807) is 0 Å². The van der Waals surface area contributed by atoms with Gasteiger partial charge in [-0.15, -0.1) is 0 Å². The molecule has 1 atom stereocenters. The van der Waals surface area contributed by atoms with Gasteiger partial charge in [0.15, 0.2) is 0 Å². The first kappa shape index (κ1) is 11.4. The number of aliphatic hydroxyl groups excluding tert-OH is 1. The first-order chi connectivity index (χ1) is 7.68. The molecule has 3 nitrogen and oxygen atoms in total. The van der Waals surface area contributed by atoms with Crippen LogP contribution in [0.1, 0.15) is 30.1 Å². The molecule has 1 aliphatic heterocycles. The summed E-state index contributed by atoms with van der Waals surface area (Å²) in [6.07, 6.45) is 1.37. The van der Waals surface area contributed by atoms with E-state index in [4.69, 9.17) is 10.5 Å². The molecule has 16 heavy (non-hydrogen) atoms. The molecule has 0 spiro atoms. The quantitative estimate of drug-likeness (QED) is 0.751. The zero-order chi connectivity index (χ0) is 11.5. The van der Waals surface area contributed by atoms with Gasteiger partial charge in [0.1, 0.15) is 0 Å². The van der Waals surface area contributed by atoms with Crippen LogP contribution in [-0.4, -0.2) is 18.3 Å². The Hall–Kier alpha value is -1.06. The molecule has 1 aromatic carbocycles. The average Bonchev–Trinajstić information content (AvgIpc) is 2.29. The summed E-state index contributed by atoms with van der Waals surface area (Å²) < 4.78 is 5.29. The highest BCUT2D eigenvalue weighted by Crippen LogP contribution is 2.32. The molecule has 3 N–H and O–H groups in total. The van der Waals surface area contributed by atoms with E-state index in [0.29, 0.717) is 5.69 Å². The maximum absolute atomic E-state index is 10.3. The number of rotatable bonds is 2. The van der Waals surface area contributed by atoms with Gasteiger partial charge in [0.2, 0.25) is 0 Å². The first-order valence-electron chi connectivity index (χ1n) is 5.80. The second-order valence-corrected chi connectivity index (χ2v) is 4.53. The van der Waals surface area contributed by atoms with Gasteiger partial charge in [0, 0.05) is 24.5 Å². The SMILES string of the molecule is Cc1ccc(C(O)C2CCOCC2)c(N)c1. The van der Waals surface area contributed by atoms with E-state index in [9.17, 15) is 5.11 Å². The van der Waals surface area contributed by atoms with Crippen molar-refractivity contribution in [2.75, 3.05) is 18.9 Å². The van der Waals surface area contributed by atoms with Gasteiger partial charge in [-0.25, -0.2) is 0 Å². The highest BCUT2D eigenvalue weighted by Gasteiger charge is 2.24. The highest BCUT2D eigenvalue weighted by atomic mass is 16.5. The van der Waals surface area contributed by atoms with Gasteiger partial charge >= 0.3 is 0 Å². The molecule has 88 valence electrons. The van der Waals surface area contributed by atoms with Crippen LogP contribution < -0.4 is 5.73 Å². The number of nitrogens with two attached hydrogens (primary N) is 1. The molecule has 1 heterocycles. The lowest BCUT2D eigenvalue weighted by Gasteiger charge is -2.27. The third kappa shape index (κ3) is 2.36. The summed E-state index contributed by atoms with van der Waals surface area (Å²) >= 11 is 0. The third-order valence-corrected chi connectivity index (χ3v) is 3.27. The Labute approximate surface area is 96.2 Å². The predicted octanol–water partition coefficient (Wildman–Crippen LogP) is 2.04. The van der Waals surface area contributed by atoms with E-state index < -0.39 is 6.10 Å². The fourth-order valence-electron chi connectivity index (χ4n) is 2.25. The van der Waals surface area contributed by atoms with Crippen LogP contribution in [0.4, 0.5) is 5.69 Å². The summed E-state index contributed by atoms with van der Waals surface area (Å²) in [5, 5.41) is 10.3. The van der Waals surface area contributed by atoms with Gasteiger partial charge in [-0.05, 0) is 37.3 Å². The fraction of sp³-hybridized carbons (Fsp3) is 0.538. The Morgan fingerprint density at radius 2 is 2.06 bits per heavy atom. The summed E-state index contributed by atoms with van der Waals surface area (Å²) in [6.45, 7) is 3.49. The number of nitrogen functional groups attached to an aromatic ring is 1. The van der Waals surface area contributed by atoms with Gasteiger partial charge in [0.05, 0.1) is 6.10 Å². The molecular weight excluding hydrogens is 202 g/mol. The number of hydrogen-bond donors (Lipinski definition) is 2. The minimum atomic E-state index is -0.454. The largest absolute Gasteiger partial charge is 0.398 e. The Kier molecular flexibility index (Phi) is 3.46. The minimum absolute atomic E-state index is 0.277. The van der Waals surface area contributed by atoms with E-state index in [1.165, 1.54) is 0 Å². The molecule has 1 unspecified atom stereocenters. The van der Waals surface area contributed by atoms with Crippen LogP contribution in [0.15, 0.2) is 18.2 Å². The molecule has 0 amide bonds. The minimum Gasteiger partial charge on any atom is -0.398 e. The van der Waals surface area contributed by atoms with Gasteiger partial charge in [-0.2, -0.15) is 0 Å². The first-order valence-corrected chi connectivity index (χ1v) is 5.80. The van der Waals surface area contributed by atoms with E-state index in [0.717, 1.165) is 37.2 Å². The van der Waals surface area contributed by atoms with Crippen LogP contribution in [0.2, 0.25) is 0 Å². The normalized spacial score (nSPS) is 19.6. The molecule has 3 heteroatoms. The summed E-state index contributed by atoms with van der Waals surface area (Å²) in [6, 6.07) is 5.84. The average molecular weight is 221 g/mol. The van der Waals surface area contributed by atoms with Crippen molar-refractivity contribution in [3.8, 4) is 0 Å². The lowest BCUT2D eigenvalue weighted by atomic mass is 9.88. The zero-order valence-corrected chi connectivity index (χ0v) is 9.65. The van der Waals surface area contributed by atoms with E-state index in [1.807, 2.05) is 25.1 Å². The predicted molar refractivity (Wildman–Crippen MR) is 64.1 cm³/mol. The number of hydrogen-bond acceptors (Lipinski definition) is 3. The van der Waals surface area contributed by atoms with Crippen molar-refractivity contribution in [1.29, 1.82) is 0 Å². The number of anilines is 1. The smallest absolute Gasteiger partial charge is 0.0839 e. The standard InChI is InChI=1S/C13H19NO2/c1-9-2-3-11(12(14)8-9)13(15)10-4-6-16-7-5-10/h2-3,8,10,13,15H,4-7,14H2,1H3.